The van der Waals surface area contributed by atoms with Crippen molar-refractivity contribution in [1.29, 1.82) is 0 Å². The summed E-state index contributed by atoms with van der Waals surface area (Å²) in [6.07, 6.45) is 16.5. The first kappa shape index (κ1) is 16.3. The van der Waals surface area contributed by atoms with Gasteiger partial charge < -0.3 is 0 Å². The van der Waals surface area contributed by atoms with Crippen LogP contribution in [0.2, 0.25) is 0 Å². The van der Waals surface area contributed by atoms with Gasteiger partial charge in [-0.2, -0.15) is 5.10 Å². The number of hydrogen-bond acceptors (Lipinski definition) is 1. The van der Waals surface area contributed by atoms with Crippen molar-refractivity contribution in [2.75, 3.05) is 0 Å². The van der Waals surface area contributed by atoms with Crippen molar-refractivity contribution in [3.8, 4) is 5.69 Å². The highest BCUT2D eigenvalue weighted by atomic mass is 31.1. The van der Waals surface area contributed by atoms with Crippen LogP contribution in [0, 0.1) is 0 Å². The summed E-state index contributed by atoms with van der Waals surface area (Å²) < 4.78 is 2.26. The first-order chi connectivity index (χ1) is 11.9. The molecule has 0 saturated heterocycles. The van der Waals surface area contributed by atoms with Crippen molar-refractivity contribution < 1.29 is 0 Å². The summed E-state index contributed by atoms with van der Waals surface area (Å²) in [5.74, 6) is 0. The van der Waals surface area contributed by atoms with Gasteiger partial charge in [-0.3, -0.25) is 0 Å². The van der Waals surface area contributed by atoms with Gasteiger partial charge in [0.2, 0.25) is 0 Å². The summed E-state index contributed by atoms with van der Waals surface area (Å²) in [5, 5.41) is 4.73. The van der Waals surface area contributed by atoms with Gasteiger partial charge in [0.05, 0.1) is 17.3 Å². The lowest BCUT2D eigenvalue weighted by atomic mass is 9.99. The van der Waals surface area contributed by atoms with Crippen molar-refractivity contribution in [1.82, 2.24) is 9.78 Å². The minimum Gasteiger partial charge on any atom is -0.233 e. The van der Waals surface area contributed by atoms with Crippen LogP contribution < -0.4 is 5.44 Å². The monoisotopic (exact) mass is 340 g/mol. The number of aromatic nitrogens is 2. The van der Waals surface area contributed by atoms with Crippen molar-refractivity contribution in [2.45, 2.75) is 75.5 Å². The molecule has 2 saturated carbocycles. The van der Waals surface area contributed by atoms with E-state index in [1.807, 2.05) is 6.20 Å². The Morgan fingerprint density at radius 2 is 1.33 bits per heavy atom. The van der Waals surface area contributed by atoms with E-state index in [9.17, 15) is 0 Å². The van der Waals surface area contributed by atoms with Crippen LogP contribution in [0.1, 0.15) is 64.2 Å². The van der Waals surface area contributed by atoms with E-state index in [-0.39, 0.29) is 7.92 Å². The zero-order chi connectivity index (χ0) is 16.2. The fourth-order valence-corrected chi connectivity index (χ4v) is 8.46. The van der Waals surface area contributed by atoms with Crippen molar-refractivity contribution in [3.05, 3.63) is 42.6 Å². The molecule has 2 fully saturated rings. The predicted molar refractivity (Wildman–Crippen MR) is 104 cm³/mol. The highest BCUT2D eigenvalue weighted by molar-refractivity contribution is 7.66. The maximum atomic E-state index is 4.73. The summed E-state index contributed by atoms with van der Waals surface area (Å²) >= 11 is 0. The third-order valence-corrected chi connectivity index (χ3v) is 9.30. The van der Waals surface area contributed by atoms with Crippen molar-refractivity contribution in [3.63, 3.8) is 0 Å². The summed E-state index contributed by atoms with van der Waals surface area (Å²) in [6.45, 7) is 0. The van der Waals surface area contributed by atoms with Crippen LogP contribution in [0.3, 0.4) is 0 Å². The topological polar surface area (TPSA) is 17.8 Å². The molecule has 1 heterocycles. The highest BCUT2D eigenvalue weighted by Crippen LogP contribution is 2.54. The fraction of sp³-hybridized carbons (Fsp3) is 0.571. The lowest BCUT2D eigenvalue weighted by molar-refractivity contribution is 0.486. The molecule has 24 heavy (non-hydrogen) atoms. The molecule has 0 N–H and O–H groups in total. The molecule has 0 atom stereocenters. The molecule has 0 unspecified atom stereocenters. The molecule has 0 spiro atoms. The highest BCUT2D eigenvalue weighted by Gasteiger charge is 2.34. The maximum Gasteiger partial charge on any atom is 0.0675 e. The van der Waals surface area contributed by atoms with E-state index in [0.717, 1.165) is 11.3 Å². The minimum atomic E-state index is -0.0990. The molecule has 2 aliphatic carbocycles. The van der Waals surface area contributed by atoms with Gasteiger partial charge in [0, 0.05) is 0 Å². The van der Waals surface area contributed by atoms with Crippen LogP contribution in [0.25, 0.3) is 5.69 Å². The molecule has 2 nitrogen and oxygen atoms in total. The Hall–Kier alpha value is -1.14. The molecule has 3 heteroatoms. The Kier molecular flexibility index (Phi) is 5.33. The van der Waals surface area contributed by atoms with Gasteiger partial charge in [-0.25, -0.2) is 4.68 Å². The Bertz CT molecular complexity index is 606. The molecule has 0 aliphatic heterocycles. The second-order valence-electron chi connectivity index (χ2n) is 7.43. The first-order valence-electron chi connectivity index (χ1n) is 9.81. The molecule has 1 aromatic carbocycles. The molecule has 2 aromatic rings. The third kappa shape index (κ3) is 3.45. The van der Waals surface area contributed by atoms with Gasteiger partial charge in [0.1, 0.15) is 0 Å². The molecular weight excluding hydrogens is 311 g/mol. The number of rotatable bonds is 4. The summed E-state index contributed by atoms with van der Waals surface area (Å²) in [5.41, 5.74) is 4.62. The van der Waals surface area contributed by atoms with Crippen LogP contribution >= 0.6 is 7.92 Å². The van der Waals surface area contributed by atoms with Gasteiger partial charge in [-0.15, -0.1) is 0 Å². The molecule has 0 radical (unpaired) electrons. The predicted octanol–water partition coefficient (Wildman–Crippen LogP) is 5.64. The number of benzene rings is 1. The fourth-order valence-electron chi connectivity index (χ4n) is 4.65. The van der Waals surface area contributed by atoms with Gasteiger partial charge in [-0.05, 0) is 63.1 Å². The molecule has 128 valence electrons. The van der Waals surface area contributed by atoms with E-state index < -0.39 is 0 Å². The smallest absolute Gasteiger partial charge is 0.0675 e. The normalized spacial score (nSPS) is 20.5. The van der Waals surface area contributed by atoms with Crippen molar-refractivity contribution in [2.24, 2.45) is 0 Å². The van der Waals surface area contributed by atoms with E-state index in [4.69, 9.17) is 5.10 Å². The summed E-state index contributed by atoms with van der Waals surface area (Å²) in [4.78, 5) is 0. The van der Waals surface area contributed by atoms with Crippen LogP contribution in [0.5, 0.6) is 0 Å². The molecule has 0 amide bonds. The Balaban J connectivity index is 1.69. The Morgan fingerprint density at radius 3 is 1.92 bits per heavy atom. The van der Waals surface area contributed by atoms with E-state index in [1.54, 1.807) is 0 Å². The zero-order valence-corrected chi connectivity index (χ0v) is 15.5. The van der Waals surface area contributed by atoms with Gasteiger partial charge in [0.15, 0.2) is 0 Å². The standard InChI is InChI=1S/C21H29N2P/c1-4-10-18(11-5-1)23-21(16-17-22-23)24(19-12-6-2-7-13-19)20-14-8-3-9-15-20/h1,4-5,10-11,16-17,19-20H,2-3,6-9,12-15H2. The van der Waals surface area contributed by atoms with E-state index in [1.165, 1.54) is 75.3 Å². The van der Waals surface area contributed by atoms with E-state index in [2.05, 4.69) is 41.1 Å². The lowest BCUT2D eigenvalue weighted by Gasteiger charge is -2.38. The largest absolute Gasteiger partial charge is 0.233 e. The Morgan fingerprint density at radius 1 is 0.750 bits per heavy atom. The van der Waals surface area contributed by atoms with Crippen molar-refractivity contribution >= 4 is 13.4 Å². The van der Waals surface area contributed by atoms with Gasteiger partial charge >= 0.3 is 0 Å². The minimum absolute atomic E-state index is 0.0990. The van der Waals surface area contributed by atoms with Crippen LogP contribution in [0.4, 0.5) is 0 Å². The number of para-hydroxylation sites is 1. The van der Waals surface area contributed by atoms with E-state index in [0.29, 0.717) is 0 Å². The first-order valence-corrected chi connectivity index (χ1v) is 11.3. The quantitative estimate of drug-likeness (QED) is 0.658. The molecule has 1 aromatic heterocycles. The Labute approximate surface area is 147 Å². The summed E-state index contributed by atoms with van der Waals surface area (Å²) in [7, 11) is -0.0990. The zero-order valence-electron chi connectivity index (χ0n) is 14.6. The molecule has 4 rings (SSSR count). The number of nitrogens with zero attached hydrogens (tertiary/aromatic N) is 2. The lowest BCUT2D eigenvalue weighted by Crippen LogP contribution is -2.29. The average Bonchev–Trinajstić information content (AvgIpc) is 3.14. The molecule has 2 aliphatic rings. The SMILES string of the molecule is c1ccc(-n2nccc2P(C2CCCCC2)C2CCCCC2)cc1. The maximum absolute atomic E-state index is 4.73. The third-order valence-electron chi connectivity index (χ3n) is 5.82. The van der Waals surface area contributed by atoms with Crippen LogP contribution in [-0.2, 0) is 0 Å². The second-order valence-corrected chi connectivity index (χ2v) is 10.2. The van der Waals surface area contributed by atoms with E-state index >= 15 is 0 Å². The molecular formula is C21H29N2P. The summed E-state index contributed by atoms with van der Waals surface area (Å²) in [6, 6.07) is 13.1. The van der Waals surface area contributed by atoms with Crippen LogP contribution in [-0.4, -0.2) is 21.1 Å². The van der Waals surface area contributed by atoms with Gasteiger partial charge in [0.25, 0.3) is 0 Å². The number of hydrogen-bond donors (Lipinski definition) is 0. The van der Waals surface area contributed by atoms with Gasteiger partial charge in [-0.1, -0.05) is 56.7 Å². The van der Waals surface area contributed by atoms with Crippen LogP contribution in [0.15, 0.2) is 42.6 Å². The average molecular weight is 340 g/mol. The second kappa shape index (κ2) is 7.83. The molecule has 0 bridgehead atoms.